The van der Waals surface area contributed by atoms with Crippen LogP contribution in [0.4, 0.5) is 0 Å². The fraction of sp³-hybridized carbons (Fsp3) is 0.810. The maximum Gasteiger partial charge on any atom is 0.257 e. The summed E-state index contributed by atoms with van der Waals surface area (Å²) in [5.41, 5.74) is 0.294. The van der Waals surface area contributed by atoms with Gasteiger partial charge in [0.05, 0.1) is 19.1 Å². The monoisotopic (exact) mass is 390 g/mol. The van der Waals surface area contributed by atoms with Crippen LogP contribution in [0.2, 0.25) is 0 Å². The Bertz CT molecular complexity index is 672. The van der Waals surface area contributed by atoms with Crippen LogP contribution >= 0.6 is 0 Å². The molecule has 3 heterocycles. The fourth-order valence-electron chi connectivity index (χ4n) is 5.39. The molecular weight excluding hydrogens is 356 g/mol. The van der Waals surface area contributed by atoms with Gasteiger partial charge < -0.3 is 14.4 Å². The minimum atomic E-state index is -0.797. The van der Waals surface area contributed by atoms with Crippen molar-refractivity contribution in [2.75, 3.05) is 53.0 Å². The second kappa shape index (κ2) is 8.51. The highest BCUT2D eigenvalue weighted by molar-refractivity contribution is 5.88. The summed E-state index contributed by atoms with van der Waals surface area (Å²) in [5, 5.41) is 4.37. The van der Waals surface area contributed by atoms with Gasteiger partial charge in [-0.1, -0.05) is 19.3 Å². The molecule has 1 aromatic heterocycles. The van der Waals surface area contributed by atoms with Gasteiger partial charge in [-0.25, -0.2) is 0 Å². The molecule has 2 saturated heterocycles. The molecule has 3 fully saturated rings. The molecule has 0 bridgehead atoms. The highest BCUT2D eigenvalue weighted by atomic mass is 16.5. The summed E-state index contributed by atoms with van der Waals surface area (Å²) < 4.78 is 13.5. The molecule has 2 aliphatic heterocycles. The molecule has 2 atom stereocenters. The molecule has 1 aromatic rings. The number of amides is 1. The van der Waals surface area contributed by atoms with E-state index in [9.17, 15) is 4.79 Å². The number of ether oxygens (including phenoxy) is 2. The van der Waals surface area contributed by atoms with Crippen molar-refractivity contribution < 1.29 is 14.3 Å². The Morgan fingerprint density at radius 2 is 2.14 bits per heavy atom. The SMILES string of the molecule is COCCN1CCOC2(CN(CC3CCCCC3)CC2c2ccnn2C)C1=O. The van der Waals surface area contributed by atoms with Gasteiger partial charge in [-0.15, -0.1) is 0 Å². The molecule has 7 heteroatoms. The Balaban J connectivity index is 1.58. The number of morpholine rings is 1. The molecule has 7 nitrogen and oxygen atoms in total. The van der Waals surface area contributed by atoms with Gasteiger partial charge in [0.15, 0.2) is 5.60 Å². The van der Waals surface area contributed by atoms with Crippen LogP contribution in [0.3, 0.4) is 0 Å². The second-order valence-corrected chi connectivity index (χ2v) is 8.65. The quantitative estimate of drug-likeness (QED) is 0.739. The number of nitrogens with zero attached hydrogens (tertiary/aromatic N) is 4. The van der Waals surface area contributed by atoms with Crippen LogP contribution in [0.25, 0.3) is 0 Å². The number of aromatic nitrogens is 2. The number of methoxy groups -OCH3 is 1. The van der Waals surface area contributed by atoms with Crippen LogP contribution in [0.5, 0.6) is 0 Å². The van der Waals surface area contributed by atoms with Crippen molar-refractivity contribution in [2.45, 2.75) is 43.6 Å². The van der Waals surface area contributed by atoms with Crippen molar-refractivity contribution in [1.29, 1.82) is 0 Å². The Morgan fingerprint density at radius 1 is 1.32 bits per heavy atom. The van der Waals surface area contributed by atoms with Crippen molar-refractivity contribution in [2.24, 2.45) is 13.0 Å². The lowest BCUT2D eigenvalue weighted by Gasteiger charge is -2.42. The number of carbonyl (C=O) groups is 1. The van der Waals surface area contributed by atoms with Gasteiger partial charge in [0, 0.05) is 58.8 Å². The van der Waals surface area contributed by atoms with E-state index in [4.69, 9.17) is 9.47 Å². The molecule has 3 aliphatic rings. The van der Waals surface area contributed by atoms with E-state index in [1.807, 2.05) is 28.9 Å². The average molecular weight is 391 g/mol. The molecule has 0 aromatic carbocycles. The third-order valence-electron chi connectivity index (χ3n) is 6.85. The number of carbonyl (C=O) groups excluding carboxylic acids is 1. The largest absolute Gasteiger partial charge is 0.383 e. The van der Waals surface area contributed by atoms with Crippen molar-refractivity contribution in [3.63, 3.8) is 0 Å². The van der Waals surface area contributed by atoms with Crippen molar-refractivity contribution in [1.82, 2.24) is 19.6 Å². The van der Waals surface area contributed by atoms with Crippen LogP contribution in [0.1, 0.15) is 43.7 Å². The van der Waals surface area contributed by atoms with E-state index in [-0.39, 0.29) is 11.8 Å². The number of hydrogen-bond acceptors (Lipinski definition) is 5. The maximum atomic E-state index is 13.6. The number of hydrogen-bond donors (Lipinski definition) is 0. The Kier molecular flexibility index (Phi) is 6.04. The van der Waals surface area contributed by atoms with Gasteiger partial charge in [0.2, 0.25) is 0 Å². The highest BCUT2D eigenvalue weighted by Gasteiger charge is 2.57. The van der Waals surface area contributed by atoms with Crippen LogP contribution in [0.15, 0.2) is 12.3 Å². The normalized spacial score (nSPS) is 29.9. The van der Waals surface area contributed by atoms with Crippen LogP contribution in [-0.4, -0.2) is 84.1 Å². The zero-order valence-corrected chi connectivity index (χ0v) is 17.3. The molecule has 1 spiro atoms. The van der Waals surface area contributed by atoms with E-state index in [0.717, 1.165) is 24.7 Å². The molecule has 156 valence electrons. The standard InChI is InChI=1S/C21H34N4O3/c1-23-19(8-9-22-23)18-15-24(14-17-6-4-3-5-7-17)16-21(18)20(26)25(10-12-27-2)11-13-28-21/h8-9,17-18H,3-7,10-16H2,1-2H3. The summed E-state index contributed by atoms with van der Waals surface area (Å²) in [6.45, 7) is 5.03. The first kappa shape index (κ1) is 19.9. The smallest absolute Gasteiger partial charge is 0.257 e. The third kappa shape index (κ3) is 3.72. The molecule has 1 amide bonds. The molecule has 1 saturated carbocycles. The Morgan fingerprint density at radius 3 is 2.86 bits per heavy atom. The minimum absolute atomic E-state index is 0.0152. The zero-order chi connectivity index (χ0) is 19.6. The number of aryl methyl sites for hydroxylation is 1. The van der Waals surface area contributed by atoms with Crippen LogP contribution in [-0.2, 0) is 21.3 Å². The lowest BCUT2D eigenvalue weighted by atomic mass is 9.85. The average Bonchev–Trinajstić information content (AvgIpc) is 3.27. The van der Waals surface area contributed by atoms with Gasteiger partial charge in [0.1, 0.15) is 0 Å². The van der Waals surface area contributed by atoms with Crippen molar-refractivity contribution in [3.8, 4) is 0 Å². The van der Waals surface area contributed by atoms with Gasteiger partial charge >= 0.3 is 0 Å². The molecular formula is C21H34N4O3. The highest BCUT2D eigenvalue weighted by Crippen LogP contribution is 2.42. The van der Waals surface area contributed by atoms with Crippen LogP contribution in [0, 0.1) is 5.92 Å². The molecule has 4 rings (SSSR count). The van der Waals surface area contributed by atoms with E-state index >= 15 is 0 Å². The van der Waals surface area contributed by atoms with Crippen LogP contribution < -0.4 is 0 Å². The van der Waals surface area contributed by atoms with E-state index in [1.165, 1.54) is 32.1 Å². The summed E-state index contributed by atoms with van der Waals surface area (Å²) in [6, 6.07) is 2.04. The Hall–Kier alpha value is -1.44. The summed E-state index contributed by atoms with van der Waals surface area (Å²) in [7, 11) is 3.64. The summed E-state index contributed by atoms with van der Waals surface area (Å²) in [6.07, 6.45) is 8.50. The summed E-state index contributed by atoms with van der Waals surface area (Å²) in [4.78, 5) is 18.0. The van der Waals surface area contributed by atoms with Crippen molar-refractivity contribution in [3.05, 3.63) is 18.0 Å². The first-order chi connectivity index (χ1) is 13.6. The second-order valence-electron chi connectivity index (χ2n) is 8.65. The maximum absolute atomic E-state index is 13.6. The minimum Gasteiger partial charge on any atom is -0.383 e. The van der Waals surface area contributed by atoms with E-state index in [0.29, 0.717) is 32.8 Å². The predicted octanol–water partition coefficient (Wildman–Crippen LogP) is 1.64. The number of rotatable bonds is 6. The fourth-order valence-corrected chi connectivity index (χ4v) is 5.39. The number of likely N-dealkylation sites (tertiary alicyclic amines) is 1. The molecule has 0 radical (unpaired) electrons. The summed E-state index contributed by atoms with van der Waals surface area (Å²) >= 11 is 0. The first-order valence-corrected chi connectivity index (χ1v) is 10.8. The molecule has 1 aliphatic carbocycles. The molecule has 0 N–H and O–H groups in total. The lowest BCUT2D eigenvalue weighted by Crippen LogP contribution is -2.60. The van der Waals surface area contributed by atoms with E-state index in [1.54, 1.807) is 7.11 Å². The van der Waals surface area contributed by atoms with E-state index in [2.05, 4.69) is 10.00 Å². The lowest BCUT2D eigenvalue weighted by molar-refractivity contribution is -0.173. The summed E-state index contributed by atoms with van der Waals surface area (Å²) in [5.74, 6) is 0.883. The topological polar surface area (TPSA) is 59.8 Å². The third-order valence-corrected chi connectivity index (χ3v) is 6.85. The van der Waals surface area contributed by atoms with Crippen molar-refractivity contribution >= 4 is 5.91 Å². The first-order valence-electron chi connectivity index (χ1n) is 10.8. The Labute approximate surface area is 167 Å². The van der Waals surface area contributed by atoms with Gasteiger partial charge in [-0.2, -0.15) is 5.10 Å². The molecule has 2 unspecified atom stereocenters. The van der Waals surface area contributed by atoms with Gasteiger partial charge in [-0.3, -0.25) is 14.4 Å². The van der Waals surface area contributed by atoms with E-state index < -0.39 is 5.60 Å². The van der Waals surface area contributed by atoms with Gasteiger partial charge in [-0.05, 0) is 24.8 Å². The zero-order valence-electron chi connectivity index (χ0n) is 17.3. The predicted molar refractivity (Wildman–Crippen MR) is 106 cm³/mol. The molecule has 28 heavy (non-hydrogen) atoms. The van der Waals surface area contributed by atoms with Gasteiger partial charge in [0.25, 0.3) is 5.91 Å².